The minimum Gasteiger partial charge on any atom is -0.481 e. The Balaban J connectivity index is 0. The predicted octanol–water partition coefficient (Wildman–Crippen LogP) is -2.31. The van der Waals surface area contributed by atoms with E-state index in [4.69, 9.17) is 31.3 Å². The lowest BCUT2D eigenvalue weighted by molar-refractivity contribution is -0.165. The quantitative estimate of drug-likeness (QED) is 0.303. The van der Waals surface area contributed by atoms with Gasteiger partial charge in [0.2, 0.25) is 0 Å². The summed E-state index contributed by atoms with van der Waals surface area (Å²) < 4.78 is 0. The first-order valence-corrected chi connectivity index (χ1v) is 4.47. The highest BCUT2D eigenvalue weighted by atomic mass is 16.4. The molecule has 0 aliphatic carbocycles. The second-order valence-corrected chi connectivity index (χ2v) is 2.85. The van der Waals surface area contributed by atoms with Gasteiger partial charge in [-0.05, 0) is 13.0 Å². The molecule has 9 nitrogen and oxygen atoms in total. The molecular formula is C8H15NO8. The number of rotatable bonds is 6. The van der Waals surface area contributed by atoms with Crippen LogP contribution in [-0.4, -0.2) is 62.2 Å². The number of hydrogen-bond acceptors (Lipinski definition) is 6. The van der Waals surface area contributed by atoms with Crippen molar-refractivity contribution in [3.63, 3.8) is 0 Å². The number of carbonyl (C=O) groups is 3. The Bertz CT molecular complexity index is 248. The van der Waals surface area contributed by atoms with Crippen molar-refractivity contribution in [2.45, 2.75) is 25.0 Å². The maximum absolute atomic E-state index is 9.77. The van der Waals surface area contributed by atoms with Crippen LogP contribution in [0.3, 0.4) is 0 Å². The van der Waals surface area contributed by atoms with Gasteiger partial charge in [-0.25, -0.2) is 9.59 Å². The lowest BCUT2D eigenvalue weighted by Crippen LogP contribution is -2.39. The molecule has 7 N–H and O–H groups in total. The summed E-state index contributed by atoms with van der Waals surface area (Å²) in [5.41, 5.74) is 5.01. The molecule has 0 amide bonds. The van der Waals surface area contributed by atoms with Gasteiger partial charge in [-0.15, -0.1) is 0 Å². The van der Waals surface area contributed by atoms with E-state index in [1.165, 1.54) is 0 Å². The number of nitrogens with two attached hydrogens (primary N) is 1. The van der Waals surface area contributed by atoms with Crippen LogP contribution in [0.4, 0.5) is 0 Å². The predicted molar refractivity (Wildman–Crippen MR) is 53.2 cm³/mol. The fourth-order valence-electron chi connectivity index (χ4n) is 0.523. The van der Waals surface area contributed by atoms with Crippen LogP contribution >= 0.6 is 0 Å². The molecule has 100 valence electrons. The zero-order valence-electron chi connectivity index (χ0n) is 8.81. The molecule has 17 heavy (non-hydrogen) atoms. The van der Waals surface area contributed by atoms with Crippen molar-refractivity contribution >= 4 is 17.9 Å². The van der Waals surface area contributed by atoms with Crippen molar-refractivity contribution in [1.29, 1.82) is 0 Å². The summed E-state index contributed by atoms with van der Waals surface area (Å²) in [5.74, 6) is -4.31. The smallest absolute Gasteiger partial charge is 0.335 e. The Kier molecular flexibility index (Phi) is 9.89. The van der Waals surface area contributed by atoms with Gasteiger partial charge in [0.15, 0.2) is 12.2 Å². The van der Waals surface area contributed by atoms with Gasteiger partial charge >= 0.3 is 17.9 Å². The molecular weight excluding hydrogens is 238 g/mol. The number of carboxylic acid groups (broad SMARTS) is 3. The third-order valence-electron chi connectivity index (χ3n) is 1.40. The van der Waals surface area contributed by atoms with Gasteiger partial charge in [-0.2, -0.15) is 0 Å². The molecule has 0 aromatic heterocycles. The van der Waals surface area contributed by atoms with Crippen molar-refractivity contribution in [3.05, 3.63) is 0 Å². The molecule has 0 saturated carbocycles. The molecule has 0 bridgehead atoms. The van der Waals surface area contributed by atoms with Crippen LogP contribution in [-0.2, 0) is 14.4 Å². The zero-order chi connectivity index (χ0) is 14.0. The van der Waals surface area contributed by atoms with E-state index in [0.29, 0.717) is 13.0 Å². The summed E-state index contributed by atoms with van der Waals surface area (Å²) in [4.78, 5) is 29.2. The van der Waals surface area contributed by atoms with E-state index in [9.17, 15) is 14.4 Å². The minimum atomic E-state index is -2.27. The second-order valence-electron chi connectivity index (χ2n) is 2.85. The topological polar surface area (TPSA) is 178 Å². The number of aliphatic hydroxyl groups excluding tert-OH is 2. The van der Waals surface area contributed by atoms with E-state index in [1.807, 2.05) is 0 Å². The molecule has 0 aliphatic heterocycles. The van der Waals surface area contributed by atoms with Crippen LogP contribution in [0.1, 0.15) is 12.8 Å². The normalized spacial score (nSPS) is 12.9. The monoisotopic (exact) mass is 253 g/mol. The Hall–Kier alpha value is -1.71. The van der Waals surface area contributed by atoms with Crippen LogP contribution in [0.2, 0.25) is 0 Å². The molecule has 0 saturated heterocycles. The zero-order valence-corrected chi connectivity index (χ0v) is 8.81. The summed E-state index contributed by atoms with van der Waals surface area (Å²) in [5, 5.41) is 40.5. The van der Waals surface area contributed by atoms with Gasteiger partial charge in [0, 0.05) is 6.42 Å². The standard InChI is InChI=1S/C4H9NO2.C4H6O6/c5-3-1-2-4(6)7;5-1(3(7)8)2(6)4(9)10/h1-3,5H2,(H,6,7);1-2,5-6H,(H,7,8)(H,9,10)/t;1-,2-/m.1/s1. The van der Waals surface area contributed by atoms with Crippen molar-refractivity contribution in [2.75, 3.05) is 6.54 Å². The molecule has 0 aromatic carbocycles. The molecule has 0 rings (SSSR count). The largest absolute Gasteiger partial charge is 0.481 e. The minimum absolute atomic E-state index is 0.191. The molecule has 0 radical (unpaired) electrons. The highest BCUT2D eigenvalue weighted by molar-refractivity contribution is 5.83. The summed E-state index contributed by atoms with van der Waals surface area (Å²) in [6.45, 7) is 0.465. The van der Waals surface area contributed by atoms with E-state index in [1.54, 1.807) is 0 Å². The Labute approximate surface area is 96.1 Å². The first-order chi connectivity index (χ1) is 7.73. The van der Waals surface area contributed by atoms with E-state index in [-0.39, 0.29) is 6.42 Å². The van der Waals surface area contributed by atoms with E-state index < -0.39 is 30.1 Å². The Morgan fingerprint density at radius 3 is 1.41 bits per heavy atom. The molecule has 9 heteroatoms. The molecule has 0 unspecified atom stereocenters. The van der Waals surface area contributed by atoms with Gasteiger partial charge in [0.05, 0.1) is 0 Å². The summed E-state index contributed by atoms with van der Waals surface area (Å²) in [6.07, 6.45) is -3.76. The van der Waals surface area contributed by atoms with E-state index in [2.05, 4.69) is 0 Å². The lowest BCUT2D eigenvalue weighted by Gasteiger charge is -2.07. The maximum Gasteiger partial charge on any atom is 0.335 e. The van der Waals surface area contributed by atoms with Gasteiger partial charge in [-0.1, -0.05) is 0 Å². The third kappa shape index (κ3) is 10.6. The first kappa shape index (κ1) is 17.7. The van der Waals surface area contributed by atoms with Crippen molar-refractivity contribution in [2.24, 2.45) is 5.73 Å². The lowest BCUT2D eigenvalue weighted by atomic mass is 10.2. The summed E-state index contributed by atoms with van der Waals surface area (Å²) in [7, 11) is 0. The number of aliphatic carboxylic acids is 3. The summed E-state index contributed by atoms with van der Waals surface area (Å²) >= 11 is 0. The molecule has 0 fully saturated rings. The molecule has 0 aromatic rings. The van der Waals surface area contributed by atoms with Gasteiger partial charge in [0.1, 0.15) is 0 Å². The second kappa shape index (κ2) is 9.51. The van der Waals surface area contributed by atoms with Crippen LogP contribution in [0.5, 0.6) is 0 Å². The highest BCUT2D eigenvalue weighted by Gasteiger charge is 2.29. The van der Waals surface area contributed by atoms with Crippen molar-refractivity contribution in [3.8, 4) is 0 Å². The van der Waals surface area contributed by atoms with Crippen LogP contribution < -0.4 is 5.73 Å². The molecule has 2 atom stereocenters. The average Bonchev–Trinajstić information content (AvgIpc) is 2.24. The SMILES string of the molecule is NCCCC(=O)O.O=C(O)[C@H](O)[C@@H](O)C(=O)O. The fourth-order valence-corrected chi connectivity index (χ4v) is 0.523. The van der Waals surface area contributed by atoms with Crippen LogP contribution in [0, 0.1) is 0 Å². The van der Waals surface area contributed by atoms with Crippen LogP contribution in [0.15, 0.2) is 0 Å². The number of carboxylic acids is 3. The Morgan fingerprint density at radius 2 is 1.29 bits per heavy atom. The van der Waals surface area contributed by atoms with Gasteiger partial charge in [0.25, 0.3) is 0 Å². The molecule has 0 aliphatic rings. The highest BCUT2D eigenvalue weighted by Crippen LogP contribution is 1.92. The average molecular weight is 253 g/mol. The maximum atomic E-state index is 9.77. The van der Waals surface area contributed by atoms with E-state index in [0.717, 1.165) is 0 Å². The molecule has 0 spiro atoms. The fraction of sp³-hybridized carbons (Fsp3) is 0.625. The van der Waals surface area contributed by atoms with Gasteiger partial charge in [-0.3, -0.25) is 4.79 Å². The van der Waals surface area contributed by atoms with Crippen molar-refractivity contribution < 1.29 is 39.9 Å². The molecule has 0 heterocycles. The number of aliphatic hydroxyl groups is 2. The van der Waals surface area contributed by atoms with E-state index >= 15 is 0 Å². The van der Waals surface area contributed by atoms with Crippen LogP contribution in [0.25, 0.3) is 0 Å². The third-order valence-corrected chi connectivity index (χ3v) is 1.40. The Morgan fingerprint density at radius 1 is 0.941 bits per heavy atom. The van der Waals surface area contributed by atoms with Crippen molar-refractivity contribution in [1.82, 2.24) is 0 Å². The first-order valence-electron chi connectivity index (χ1n) is 4.47. The summed E-state index contributed by atoms with van der Waals surface area (Å²) in [6, 6.07) is 0. The number of hydrogen-bond donors (Lipinski definition) is 6. The van der Waals surface area contributed by atoms with Gasteiger partial charge < -0.3 is 31.3 Å².